The van der Waals surface area contributed by atoms with Gasteiger partial charge in [-0.15, -0.1) is 0 Å². The number of rotatable bonds is 8. The molecular weight excluding hydrogens is 385 g/mol. The van der Waals surface area contributed by atoms with E-state index >= 15 is 0 Å². The van der Waals surface area contributed by atoms with Gasteiger partial charge in [0.05, 0.1) is 12.0 Å². The van der Waals surface area contributed by atoms with Crippen LogP contribution in [-0.2, 0) is 20.9 Å². The standard InChI is InChI=1S/C24H28FNO4/c1-3-22-21(9-10-29-22)18-11-19(13-20(25)12-18)23(27)26-14-16(2)24(28)30-15-17-7-5-4-6-8-17/h4-8,11-13,16,21-22H,3,9-10,14-15H2,1-2H3,(H,26,27)/t16-,21?,22?/m1/s1. The van der Waals surface area contributed by atoms with E-state index in [1.165, 1.54) is 12.1 Å². The molecule has 6 heteroatoms. The molecule has 160 valence electrons. The number of halogens is 1. The zero-order chi connectivity index (χ0) is 21.5. The Balaban J connectivity index is 1.55. The van der Waals surface area contributed by atoms with Crippen molar-refractivity contribution in [1.29, 1.82) is 0 Å². The first kappa shape index (κ1) is 22.0. The predicted molar refractivity (Wildman–Crippen MR) is 112 cm³/mol. The summed E-state index contributed by atoms with van der Waals surface area (Å²) >= 11 is 0. The van der Waals surface area contributed by atoms with Gasteiger partial charge in [0.2, 0.25) is 0 Å². The summed E-state index contributed by atoms with van der Waals surface area (Å²) in [5.41, 5.74) is 1.92. The topological polar surface area (TPSA) is 64.6 Å². The van der Waals surface area contributed by atoms with Gasteiger partial charge in [-0.1, -0.05) is 44.2 Å². The Morgan fingerprint density at radius 2 is 2.00 bits per heavy atom. The molecule has 1 aliphatic heterocycles. The van der Waals surface area contributed by atoms with Gasteiger partial charge in [-0.3, -0.25) is 9.59 Å². The van der Waals surface area contributed by atoms with Crippen LogP contribution < -0.4 is 5.32 Å². The third-order valence-corrected chi connectivity index (χ3v) is 5.42. The van der Waals surface area contributed by atoms with Crippen LogP contribution in [0.5, 0.6) is 0 Å². The first-order chi connectivity index (χ1) is 14.5. The quantitative estimate of drug-likeness (QED) is 0.658. The molecule has 1 N–H and O–H groups in total. The number of benzene rings is 2. The molecule has 1 aliphatic rings. The molecule has 1 heterocycles. The van der Waals surface area contributed by atoms with Crippen LogP contribution in [-0.4, -0.2) is 31.1 Å². The minimum absolute atomic E-state index is 0.0436. The summed E-state index contributed by atoms with van der Waals surface area (Å²) in [5.74, 6) is -1.68. The average molecular weight is 413 g/mol. The van der Waals surface area contributed by atoms with Crippen molar-refractivity contribution in [3.8, 4) is 0 Å². The number of ether oxygens (including phenoxy) is 2. The van der Waals surface area contributed by atoms with Crippen molar-refractivity contribution < 1.29 is 23.5 Å². The molecule has 0 bridgehead atoms. The van der Waals surface area contributed by atoms with Crippen molar-refractivity contribution in [2.45, 2.75) is 45.3 Å². The van der Waals surface area contributed by atoms with E-state index in [0.29, 0.717) is 6.61 Å². The lowest BCUT2D eigenvalue weighted by atomic mass is 9.90. The van der Waals surface area contributed by atoms with Crippen molar-refractivity contribution in [1.82, 2.24) is 5.32 Å². The molecule has 3 atom stereocenters. The largest absolute Gasteiger partial charge is 0.461 e. The fraction of sp³-hybridized carbons (Fsp3) is 0.417. The Morgan fingerprint density at radius 1 is 1.23 bits per heavy atom. The molecule has 30 heavy (non-hydrogen) atoms. The van der Waals surface area contributed by atoms with E-state index in [4.69, 9.17) is 9.47 Å². The maximum Gasteiger partial charge on any atom is 0.310 e. The highest BCUT2D eigenvalue weighted by molar-refractivity contribution is 5.94. The third kappa shape index (κ3) is 5.66. The Kier molecular flexibility index (Phi) is 7.57. The van der Waals surface area contributed by atoms with Gasteiger partial charge in [-0.05, 0) is 42.2 Å². The molecule has 0 spiro atoms. The normalized spacial score (nSPS) is 19.3. The van der Waals surface area contributed by atoms with Gasteiger partial charge in [0.1, 0.15) is 12.4 Å². The number of carbonyl (C=O) groups is 2. The molecule has 1 saturated heterocycles. The Bertz CT molecular complexity index is 871. The van der Waals surface area contributed by atoms with E-state index in [-0.39, 0.29) is 30.7 Å². The Morgan fingerprint density at radius 3 is 2.73 bits per heavy atom. The van der Waals surface area contributed by atoms with Crippen LogP contribution in [0.25, 0.3) is 0 Å². The number of esters is 1. The summed E-state index contributed by atoms with van der Waals surface area (Å²) in [5, 5.41) is 2.71. The van der Waals surface area contributed by atoms with Crippen LogP contribution in [0.2, 0.25) is 0 Å². The fourth-order valence-corrected chi connectivity index (χ4v) is 3.69. The minimum Gasteiger partial charge on any atom is -0.461 e. The Hall–Kier alpha value is -2.73. The summed E-state index contributed by atoms with van der Waals surface area (Å²) in [6.45, 7) is 4.67. The monoisotopic (exact) mass is 413 g/mol. The van der Waals surface area contributed by atoms with Gasteiger partial charge in [-0.2, -0.15) is 0 Å². The molecule has 0 radical (unpaired) electrons. The SMILES string of the molecule is CCC1OCCC1c1cc(F)cc(C(=O)NC[C@@H](C)C(=O)OCc2ccccc2)c1. The van der Waals surface area contributed by atoms with Crippen molar-refractivity contribution in [2.75, 3.05) is 13.2 Å². The van der Waals surface area contributed by atoms with Crippen LogP contribution in [0.3, 0.4) is 0 Å². The molecular formula is C24H28FNO4. The highest BCUT2D eigenvalue weighted by Gasteiger charge is 2.29. The van der Waals surface area contributed by atoms with Gasteiger partial charge in [0, 0.05) is 24.6 Å². The second-order valence-electron chi connectivity index (χ2n) is 7.69. The number of hydrogen-bond acceptors (Lipinski definition) is 4. The first-order valence-electron chi connectivity index (χ1n) is 10.4. The second-order valence-corrected chi connectivity index (χ2v) is 7.69. The van der Waals surface area contributed by atoms with Gasteiger partial charge in [0.15, 0.2) is 0 Å². The van der Waals surface area contributed by atoms with Crippen molar-refractivity contribution >= 4 is 11.9 Å². The molecule has 2 unspecified atom stereocenters. The smallest absolute Gasteiger partial charge is 0.310 e. The summed E-state index contributed by atoms with van der Waals surface area (Å²) in [7, 11) is 0. The zero-order valence-corrected chi connectivity index (χ0v) is 17.4. The van der Waals surface area contributed by atoms with Crippen molar-refractivity contribution in [2.24, 2.45) is 5.92 Å². The van der Waals surface area contributed by atoms with Crippen molar-refractivity contribution in [3.05, 3.63) is 71.0 Å². The van der Waals surface area contributed by atoms with E-state index in [1.54, 1.807) is 13.0 Å². The summed E-state index contributed by atoms with van der Waals surface area (Å²) in [4.78, 5) is 24.7. The molecule has 1 fully saturated rings. The molecule has 1 amide bonds. The molecule has 0 saturated carbocycles. The van der Waals surface area contributed by atoms with Gasteiger partial charge >= 0.3 is 5.97 Å². The van der Waals surface area contributed by atoms with Gasteiger partial charge in [0.25, 0.3) is 5.91 Å². The Labute approximate surface area is 176 Å². The summed E-state index contributed by atoms with van der Waals surface area (Å²) < 4.78 is 25.2. The zero-order valence-electron chi connectivity index (χ0n) is 17.4. The van der Waals surface area contributed by atoms with Crippen LogP contribution in [0.15, 0.2) is 48.5 Å². The highest BCUT2D eigenvalue weighted by atomic mass is 19.1. The van der Waals surface area contributed by atoms with Crippen molar-refractivity contribution in [3.63, 3.8) is 0 Å². The van der Waals surface area contributed by atoms with E-state index in [0.717, 1.165) is 24.0 Å². The van der Waals surface area contributed by atoms with E-state index < -0.39 is 23.6 Å². The maximum absolute atomic E-state index is 14.2. The van der Waals surface area contributed by atoms with Crippen LogP contribution in [0.4, 0.5) is 4.39 Å². The first-order valence-corrected chi connectivity index (χ1v) is 10.4. The lowest BCUT2D eigenvalue weighted by molar-refractivity contribution is -0.149. The lowest BCUT2D eigenvalue weighted by Gasteiger charge is -2.18. The van der Waals surface area contributed by atoms with Crippen LogP contribution >= 0.6 is 0 Å². The molecule has 3 rings (SSSR count). The van der Waals surface area contributed by atoms with E-state index in [9.17, 15) is 14.0 Å². The summed E-state index contributed by atoms with van der Waals surface area (Å²) in [6.07, 6.45) is 1.70. The number of amides is 1. The minimum atomic E-state index is -0.515. The molecule has 5 nitrogen and oxygen atoms in total. The van der Waals surface area contributed by atoms with Crippen LogP contribution in [0, 0.1) is 11.7 Å². The fourth-order valence-electron chi connectivity index (χ4n) is 3.69. The van der Waals surface area contributed by atoms with Gasteiger partial charge in [-0.25, -0.2) is 4.39 Å². The van der Waals surface area contributed by atoms with E-state index in [2.05, 4.69) is 5.32 Å². The average Bonchev–Trinajstić information content (AvgIpc) is 3.24. The maximum atomic E-state index is 14.2. The molecule has 0 aromatic heterocycles. The third-order valence-electron chi connectivity index (χ3n) is 5.42. The number of carbonyl (C=O) groups excluding carboxylic acids is 2. The number of nitrogens with one attached hydrogen (secondary N) is 1. The van der Waals surface area contributed by atoms with Gasteiger partial charge < -0.3 is 14.8 Å². The molecule has 2 aromatic carbocycles. The second kappa shape index (κ2) is 10.3. The number of hydrogen-bond donors (Lipinski definition) is 1. The predicted octanol–water partition coefficient (Wildman–Crippen LogP) is 4.22. The van der Waals surface area contributed by atoms with Crippen LogP contribution in [0.1, 0.15) is 54.1 Å². The highest BCUT2D eigenvalue weighted by Crippen LogP contribution is 2.33. The summed E-state index contributed by atoms with van der Waals surface area (Å²) in [6, 6.07) is 13.8. The molecule has 2 aromatic rings. The lowest BCUT2D eigenvalue weighted by Crippen LogP contribution is -2.32. The van der Waals surface area contributed by atoms with E-state index in [1.807, 2.05) is 37.3 Å². The molecule has 0 aliphatic carbocycles.